The number of terminal acetylenes is 1. The normalized spacial score (nSPS) is 11.9. The lowest BCUT2D eigenvalue weighted by atomic mass is 10.2. The first kappa shape index (κ1) is 8.10. The highest BCUT2D eigenvalue weighted by Crippen LogP contribution is 2.02. The van der Waals surface area contributed by atoms with Crippen LogP contribution in [0.5, 0.6) is 0 Å². The second-order valence-corrected chi connectivity index (χ2v) is 2.25. The molecule has 0 atom stereocenters. The molecule has 0 aliphatic rings. The molecule has 1 heteroatoms. The lowest BCUT2D eigenvalue weighted by Gasteiger charge is -2.13. The van der Waals surface area contributed by atoms with Crippen molar-refractivity contribution in [3.63, 3.8) is 0 Å². The summed E-state index contributed by atoms with van der Waals surface area (Å²) in [5.74, 6) is 2.58. The van der Waals surface area contributed by atoms with Crippen molar-refractivity contribution in [2.45, 2.75) is 13.8 Å². The van der Waals surface area contributed by atoms with Crippen LogP contribution in [0.2, 0.25) is 0 Å². The molecule has 0 aliphatic carbocycles. The molecule has 0 saturated carbocycles. The van der Waals surface area contributed by atoms with E-state index < -0.39 is 0 Å². The van der Waals surface area contributed by atoms with Crippen LogP contribution in [0.3, 0.4) is 0 Å². The molecule has 0 amide bonds. The largest absolute Gasteiger partial charge is 0.380 e. The van der Waals surface area contributed by atoms with E-state index in [0.29, 0.717) is 0 Å². The van der Waals surface area contributed by atoms with Crippen LogP contribution in [0.25, 0.3) is 0 Å². The van der Waals surface area contributed by atoms with Crippen LogP contribution in [0, 0.1) is 12.3 Å². The summed E-state index contributed by atoms with van der Waals surface area (Å²) in [5, 5.41) is 0. The molecule has 0 rings (SSSR count). The Kier molecular flexibility index (Phi) is 2.87. The first-order chi connectivity index (χ1) is 4.09. The van der Waals surface area contributed by atoms with Gasteiger partial charge in [0, 0.05) is 25.4 Å². The third-order valence-corrected chi connectivity index (χ3v) is 1.43. The molecular weight excluding hydrogens is 110 g/mol. The predicted molar refractivity (Wildman–Crippen MR) is 40.9 cm³/mol. The summed E-state index contributed by atoms with van der Waals surface area (Å²) in [6, 6.07) is 0. The Balaban J connectivity index is 4.34. The summed E-state index contributed by atoms with van der Waals surface area (Å²) in [7, 11) is 3.96. The molecule has 1 nitrogen and oxygen atoms in total. The fourth-order valence-electron chi connectivity index (χ4n) is 0.440. The van der Waals surface area contributed by atoms with Gasteiger partial charge in [0.1, 0.15) is 0 Å². The fraction of sp³-hybridized carbons (Fsp3) is 0.500. The van der Waals surface area contributed by atoms with Crippen LogP contribution in [0.1, 0.15) is 13.8 Å². The van der Waals surface area contributed by atoms with Gasteiger partial charge in [-0.15, -0.1) is 6.42 Å². The van der Waals surface area contributed by atoms with Crippen molar-refractivity contribution in [3.05, 3.63) is 11.3 Å². The van der Waals surface area contributed by atoms with E-state index in [2.05, 4.69) is 5.92 Å². The van der Waals surface area contributed by atoms with Crippen LogP contribution in [0.4, 0.5) is 0 Å². The smallest absolute Gasteiger partial charge is 0.0210 e. The number of nitrogens with zero attached hydrogens (tertiary/aromatic N) is 1. The standard InChI is InChI=1S/C8H13N/c1-6-7(2)8(3)9(4)5/h1H,2-5H3/b8-7-. The molecule has 0 radical (unpaired) electrons. The maximum Gasteiger partial charge on any atom is 0.0210 e. The number of hydrogen-bond acceptors (Lipinski definition) is 1. The van der Waals surface area contributed by atoms with Crippen molar-refractivity contribution in [2.24, 2.45) is 0 Å². The van der Waals surface area contributed by atoms with Crippen LogP contribution in [-0.4, -0.2) is 19.0 Å². The van der Waals surface area contributed by atoms with E-state index in [1.807, 2.05) is 32.8 Å². The summed E-state index contributed by atoms with van der Waals surface area (Å²) in [6.45, 7) is 3.95. The summed E-state index contributed by atoms with van der Waals surface area (Å²) in [5.41, 5.74) is 2.15. The lowest BCUT2D eigenvalue weighted by molar-refractivity contribution is 0.509. The highest BCUT2D eigenvalue weighted by atomic mass is 15.1. The van der Waals surface area contributed by atoms with Crippen molar-refractivity contribution >= 4 is 0 Å². The van der Waals surface area contributed by atoms with Crippen LogP contribution in [-0.2, 0) is 0 Å². The SMILES string of the molecule is C#C/C(C)=C(/C)N(C)C. The van der Waals surface area contributed by atoms with Gasteiger partial charge in [0.25, 0.3) is 0 Å². The monoisotopic (exact) mass is 123 g/mol. The Hall–Kier alpha value is -0.900. The van der Waals surface area contributed by atoms with Gasteiger partial charge in [-0.2, -0.15) is 0 Å². The molecule has 0 unspecified atom stereocenters. The van der Waals surface area contributed by atoms with Crippen molar-refractivity contribution in [2.75, 3.05) is 14.1 Å². The second-order valence-electron chi connectivity index (χ2n) is 2.25. The maximum absolute atomic E-state index is 5.18. The van der Waals surface area contributed by atoms with E-state index >= 15 is 0 Å². The minimum atomic E-state index is 1.00. The first-order valence-corrected chi connectivity index (χ1v) is 2.91. The maximum atomic E-state index is 5.18. The molecule has 0 spiro atoms. The summed E-state index contributed by atoms with van der Waals surface area (Å²) >= 11 is 0. The Labute approximate surface area is 57.4 Å². The van der Waals surface area contributed by atoms with E-state index in [1.54, 1.807) is 0 Å². The number of allylic oxidation sites excluding steroid dienone is 2. The molecule has 9 heavy (non-hydrogen) atoms. The zero-order valence-electron chi connectivity index (χ0n) is 6.52. The van der Waals surface area contributed by atoms with Crippen molar-refractivity contribution in [3.8, 4) is 12.3 Å². The molecule has 0 heterocycles. The molecule has 0 fully saturated rings. The van der Waals surface area contributed by atoms with Crippen LogP contribution < -0.4 is 0 Å². The Bertz CT molecular complexity index is 158. The summed E-state index contributed by atoms with van der Waals surface area (Å²) in [6.07, 6.45) is 5.18. The topological polar surface area (TPSA) is 3.24 Å². The third-order valence-electron chi connectivity index (χ3n) is 1.43. The summed E-state index contributed by atoms with van der Waals surface area (Å²) < 4.78 is 0. The van der Waals surface area contributed by atoms with Crippen LogP contribution >= 0.6 is 0 Å². The molecule has 0 aromatic heterocycles. The zero-order chi connectivity index (χ0) is 7.44. The van der Waals surface area contributed by atoms with Crippen molar-refractivity contribution in [1.82, 2.24) is 4.90 Å². The van der Waals surface area contributed by atoms with Crippen molar-refractivity contribution in [1.29, 1.82) is 0 Å². The predicted octanol–water partition coefficient (Wildman–Crippen LogP) is 1.48. The minimum Gasteiger partial charge on any atom is -0.380 e. The van der Waals surface area contributed by atoms with Gasteiger partial charge < -0.3 is 4.90 Å². The van der Waals surface area contributed by atoms with Gasteiger partial charge in [-0.1, -0.05) is 5.92 Å². The summed E-state index contributed by atoms with van der Waals surface area (Å²) in [4.78, 5) is 2.01. The Morgan fingerprint density at radius 2 is 1.78 bits per heavy atom. The molecule has 0 N–H and O–H groups in total. The average molecular weight is 123 g/mol. The van der Waals surface area contributed by atoms with Gasteiger partial charge in [0.05, 0.1) is 0 Å². The van der Waals surface area contributed by atoms with Crippen LogP contribution in [0.15, 0.2) is 11.3 Å². The fourth-order valence-corrected chi connectivity index (χ4v) is 0.440. The molecule has 50 valence electrons. The van der Waals surface area contributed by atoms with Gasteiger partial charge in [0.15, 0.2) is 0 Å². The molecule has 0 aromatic rings. The van der Waals surface area contributed by atoms with E-state index in [-0.39, 0.29) is 0 Å². The first-order valence-electron chi connectivity index (χ1n) is 2.91. The molecular formula is C8H13N. The Morgan fingerprint density at radius 3 is 1.89 bits per heavy atom. The number of rotatable bonds is 1. The quantitative estimate of drug-likeness (QED) is 0.477. The van der Waals surface area contributed by atoms with E-state index in [9.17, 15) is 0 Å². The van der Waals surface area contributed by atoms with Gasteiger partial charge in [-0.25, -0.2) is 0 Å². The van der Waals surface area contributed by atoms with Gasteiger partial charge >= 0.3 is 0 Å². The lowest BCUT2D eigenvalue weighted by Crippen LogP contribution is -2.09. The van der Waals surface area contributed by atoms with Gasteiger partial charge in [0.2, 0.25) is 0 Å². The van der Waals surface area contributed by atoms with Crippen molar-refractivity contribution < 1.29 is 0 Å². The van der Waals surface area contributed by atoms with E-state index in [4.69, 9.17) is 6.42 Å². The molecule has 0 aliphatic heterocycles. The minimum absolute atomic E-state index is 1.00. The highest BCUT2D eigenvalue weighted by molar-refractivity contribution is 5.26. The van der Waals surface area contributed by atoms with Gasteiger partial charge in [-0.3, -0.25) is 0 Å². The second kappa shape index (κ2) is 3.19. The Morgan fingerprint density at radius 1 is 1.33 bits per heavy atom. The van der Waals surface area contributed by atoms with E-state index in [0.717, 1.165) is 11.3 Å². The third kappa shape index (κ3) is 2.23. The average Bonchev–Trinajstić information content (AvgIpc) is 1.84. The van der Waals surface area contributed by atoms with Gasteiger partial charge in [-0.05, 0) is 13.8 Å². The number of hydrogen-bond donors (Lipinski definition) is 0. The molecule has 0 saturated heterocycles. The van der Waals surface area contributed by atoms with E-state index in [1.165, 1.54) is 0 Å². The molecule has 0 bridgehead atoms. The highest BCUT2D eigenvalue weighted by Gasteiger charge is 1.93. The molecule has 0 aromatic carbocycles. The zero-order valence-corrected chi connectivity index (χ0v) is 6.52.